The second kappa shape index (κ2) is 5.58. The zero-order chi connectivity index (χ0) is 14.9. The number of carbonyl (C=O) groups is 1. The average Bonchev–Trinajstić information content (AvgIpc) is 2.54. The molecule has 114 valence electrons. The van der Waals surface area contributed by atoms with Crippen LogP contribution in [0.3, 0.4) is 0 Å². The lowest BCUT2D eigenvalue weighted by molar-refractivity contribution is 0.0600. The number of benzene rings is 1. The van der Waals surface area contributed by atoms with Crippen LogP contribution in [-0.4, -0.2) is 37.0 Å². The minimum absolute atomic E-state index is 0.170. The summed E-state index contributed by atoms with van der Waals surface area (Å²) in [6.45, 7) is 8.19. The number of anilines is 2. The van der Waals surface area contributed by atoms with Gasteiger partial charge in [0.1, 0.15) is 0 Å². The largest absolute Gasteiger partial charge is 0.382 e. The molecule has 1 amide bonds. The number of likely N-dealkylation sites (tertiary alicyclic amines) is 1. The van der Waals surface area contributed by atoms with E-state index in [1.165, 1.54) is 6.42 Å². The zero-order valence-corrected chi connectivity index (χ0v) is 13.0. The van der Waals surface area contributed by atoms with Gasteiger partial charge in [-0.2, -0.15) is 0 Å². The highest BCUT2D eigenvalue weighted by Gasteiger charge is 2.30. The highest BCUT2D eigenvalue weighted by Crippen LogP contribution is 2.34. The monoisotopic (exact) mass is 287 g/mol. The van der Waals surface area contributed by atoms with Crippen molar-refractivity contribution in [3.63, 3.8) is 0 Å². The summed E-state index contributed by atoms with van der Waals surface area (Å²) in [6, 6.07) is 5.93. The van der Waals surface area contributed by atoms with Gasteiger partial charge < -0.3 is 15.5 Å². The van der Waals surface area contributed by atoms with Gasteiger partial charge >= 0.3 is 0 Å². The normalized spacial score (nSPS) is 20.2. The molecule has 0 radical (unpaired) electrons. The fourth-order valence-electron chi connectivity index (χ4n) is 3.16. The van der Waals surface area contributed by atoms with E-state index < -0.39 is 0 Å². The first-order valence-electron chi connectivity index (χ1n) is 8.02. The Hall–Kier alpha value is -1.71. The molecule has 4 nitrogen and oxygen atoms in total. The third-order valence-corrected chi connectivity index (χ3v) is 5.13. The van der Waals surface area contributed by atoms with Crippen molar-refractivity contribution in [3.8, 4) is 0 Å². The third-order valence-electron chi connectivity index (χ3n) is 5.13. The summed E-state index contributed by atoms with van der Waals surface area (Å²) in [5.74, 6) is 0.170. The number of carbonyl (C=O) groups excluding carboxylic acids is 1. The second-order valence-electron chi connectivity index (χ2n) is 6.57. The molecule has 0 aromatic heterocycles. The molecular weight excluding hydrogens is 262 g/mol. The average molecular weight is 287 g/mol. The molecular formula is C17H25N3O. The molecule has 2 aliphatic rings. The number of hydrogen-bond acceptors (Lipinski definition) is 3. The van der Waals surface area contributed by atoms with Crippen molar-refractivity contribution in [3.05, 3.63) is 23.8 Å². The van der Waals surface area contributed by atoms with Gasteiger partial charge in [0, 0.05) is 31.7 Å². The van der Waals surface area contributed by atoms with Crippen LogP contribution >= 0.6 is 0 Å². The maximum atomic E-state index is 12.7. The molecule has 2 N–H and O–H groups in total. The number of fused-ring (bicyclic) bond motifs is 1. The summed E-state index contributed by atoms with van der Waals surface area (Å²) in [5, 5.41) is 6.69. The molecule has 21 heavy (non-hydrogen) atoms. The molecule has 0 atom stereocenters. The SMILES string of the molecule is CCC1(C)CCN(C(=O)c2ccc3c(c2)NCCN3)CC1. The fourth-order valence-corrected chi connectivity index (χ4v) is 3.16. The Bertz CT molecular complexity index is 533. The molecule has 1 aromatic carbocycles. The van der Waals surface area contributed by atoms with E-state index in [0.29, 0.717) is 5.41 Å². The van der Waals surface area contributed by atoms with Gasteiger partial charge in [-0.3, -0.25) is 4.79 Å². The van der Waals surface area contributed by atoms with Gasteiger partial charge in [-0.25, -0.2) is 0 Å². The first-order chi connectivity index (χ1) is 10.1. The Morgan fingerprint density at radius 3 is 2.52 bits per heavy atom. The van der Waals surface area contributed by atoms with Crippen LogP contribution in [0.2, 0.25) is 0 Å². The summed E-state index contributed by atoms with van der Waals surface area (Å²) < 4.78 is 0. The van der Waals surface area contributed by atoms with Crippen LogP contribution in [0.5, 0.6) is 0 Å². The van der Waals surface area contributed by atoms with Crippen molar-refractivity contribution in [2.45, 2.75) is 33.1 Å². The van der Waals surface area contributed by atoms with Crippen molar-refractivity contribution >= 4 is 17.3 Å². The summed E-state index contributed by atoms with van der Waals surface area (Å²) in [7, 11) is 0. The van der Waals surface area contributed by atoms with E-state index in [1.807, 2.05) is 23.1 Å². The van der Waals surface area contributed by atoms with Crippen molar-refractivity contribution < 1.29 is 4.79 Å². The highest BCUT2D eigenvalue weighted by molar-refractivity contribution is 5.96. The minimum Gasteiger partial charge on any atom is -0.382 e. The van der Waals surface area contributed by atoms with E-state index in [-0.39, 0.29) is 5.91 Å². The van der Waals surface area contributed by atoms with Crippen LogP contribution in [0.15, 0.2) is 18.2 Å². The summed E-state index contributed by atoms with van der Waals surface area (Å²) in [6.07, 6.45) is 3.42. The van der Waals surface area contributed by atoms with Crippen LogP contribution in [-0.2, 0) is 0 Å². The van der Waals surface area contributed by atoms with Gasteiger partial charge in [0.25, 0.3) is 5.91 Å². The maximum Gasteiger partial charge on any atom is 0.253 e. The van der Waals surface area contributed by atoms with Crippen LogP contribution in [0, 0.1) is 5.41 Å². The number of rotatable bonds is 2. The van der Waals surface area contributed by atoms with Gasteiger partial charge in [-0.1, -0.05) is 20.3 Å². The van der Waals surface area contributed by atoms with Gasteiger partial charge in [0.15, 0.2) is 0 Å². The topological polar surface area (TPSA) is 44.4 Å². The van der Waals surface area contributed by atoms with Crippen LogP contribution in [0.4, 0.5) is 11.4 Å². The zero-order valence-electron chi connectivity index (χ0n) is 13.0. The number of piperidine rings is 1. The predicted molar refractivity (Wildman–Crippen MR) is 87.0 cm³/mol. The number of amides is 1. The van der Waals surface area contributed by atoms with Crippen molar-refractivity contribution in [2.24, 2.45) is 5.41 Å². The van der Waals surface area contributed by atoms with E-state index in [2.05, 4.69) is 24.5 Å². The maximum absolute atomic E-state index is 12.7. The lowest BCUT2D eigenvalue weighted by Gasteiger charge is -2.39. The highest BCUT2D eigenvalue weighted by atomic mass is 16.2. The quantitative estimate of drug-likeness (QED) is 0.878. The van der Waals surface area contributed by atoms with Crippen molar-refractivity contribution in [2.75, 3.05) is 36.8 Å². The molecule has 0 aliphatic carbocycles. The number of nitrogens with zero attached hydrogens (tertiary/aromatic N) is 1. The smallest absolute Gasteiger partial charge is 0.253 e. The Labute approximate surface area is 126 Å². The number of nitrogens with one attached hydrogen (secondary N) is 2. The fraction of sp³-hybridized carbons (Fsp3) is 0.588. The first-order valence-corrected chi connectivity index (χ1v) is 8.02. The van der Waals surface area contributed by atoms with Gasteiger partial charge in [-0.15, -0.1) is 0 Å². The Morgan fingerprint density at radius 1 is 1.19 bits per heavy atom. The Balaban J connectivity index is 1.71. The van der Waals surface area contributed by atoms with Crippen LogP contribution in [0.1, 0.15) is 43.5 Å². The molecule has 0 saturated carbocycles. The lowest BCUT2D eigenvalue weighted by atomic mass is 9.78. The second-order valence-corrected chi connectivity index (χ2v) is 6.57. The van der Waals surface area contributed by atoms with E-state index in [4.69, 9.17) is 0 Å². The molecule has 1 fully saturated rings. The van der Waals surface area contributed by atoms with E-state index in [1.54, 1.807) is 0 Å². The van der Waals surface area contributed by atoms with Gasteiger partial charge in [-0.05, 0) is 36.5 Å². The van der Waals surface area contributed by atoms with E-state index >= 15 is 0 Å². The summed E-state index contributed by atoms with van der Waals surface area (Å²) in [5.41, 5.74) is 3.35. The van der Waals surface area contributed by atoms with Gasteiger partial charge in [0.2, 0.25) is 0 Å². The molecule has 0 bridgehead atoms. The number of hydrogen-bond donors (Lipinski definition) is 2. The lowest BCUT2D eigenvalue weighted by Crippen LogP contribution is -2.42. The van der Waals surface area contributed by atoms with Crippen molar-refractivity contribution in [1.29, 1.82) is 0 Å². The Kier molecular flexibility index (Phi) is 3.79. The van der Waals surface area contributed by atoms with E-state index in [9.17, 15) is 4.79 Å². The summed E-state index contributed by atoms with van der Waals surface area (Å²) >= 11 is 0. The molecule has 3 rings (SSSR count). The molecule has 2 heterocycles. The Morgan fingerprint density at radius 2 is 1.86 bits per heavy atom. The van der Waals surface area contributed by atoms with Crippen LogP contribution in [0.25, 0.3) is 0 Å². The molecule has 1 saturated heterocycles. The predicted octanol–water partition coefficient (Wildman–Crippen LogP) is 3.18. The molecule has 0 unspecified atom stereocenters. The van der Waals surface area contributed by atoms with Crippen molar-refractivity contribution in [1.82, 2.24) is 4.90 Å². The molecule has 2 aliphatic heterocycles. The van der Waals surface area contributed by atoms with Crippen LogP contribution < -0.4 is 10.6 Å². The molecule has 0 spiro atoms. The van der Waals surface area contributed by atoms with Gasteiger partial charge in [0.05, 0.1) is 11.4 Å². The van der Waals surface area contributed by atoms with E-state index in [0.717, 1.165) is 56.0 Å². The first kappa shape index (κ1) is 14.2. The third kappa shape index (κ3) is 2.85. The minimum atomic E-state index is 0.170. The molecule has 4 heteroatoms. The molecule has 1 aromatic rings. The summed E-state index contributed by atoms with van der Waals surface area (Å²) in [4.78, 5) is 14.7. The standard InChI is InChI=1S/C17H25N3O/c1-3-17(2)6-10-20(11-7-17)16(21)13-4-5-14-15(12-13)19-9-8-18-14/h4-5,12,18-19H,3,6-11H2,1-2H3.